The molecule has 0 radical (unpaired) electrons. The Morgan fingerprint density at radius 2 is 2.19 bits per heavy atom. The van der Waals surface area contributed by atoms with E-state index in [0.717, 1.165) is 0 Å². The van der Waals surface area contributed by atoms with Gasteiger partial charge in [0.05, 0.1) is 17.4 Å². The first-order valence-electron chi connectivity index (χ1n) is 4.80. The van der Waals surface area contributed by atoms with Gasteiger partial charge in [-0.2, -0.15) is 0 Å². The van der Waals surface area contributed by atoms with Crippen molar-refractivity contribution in [3.8, 4) is 12.3 Å². The maximum atomic E-state index is 12.0. The molecule has 0 saturated heterocycles. The van der Waals surface area contributed by atoms with Crippen LogP contribution in [0.2, 0.25) is 0 Å². The number of nitrogens with zero attached hydrogens (tertiary/aromatic N) is 2. The van der Waals surface area contributed by atoms with Crippen LogP contribution in [-0.2, 0) is 13.2 Å². The lowest BCUT2D eigenvalue weighted by Crippen LogP contribution is -2.25. The van der Waals surface area contributed by atoms with Crippen molar-refractivity contribution in [3.05, 3.63) is 40.4 Å². The Kier molecular flexibility index (Phi) is 2.71. The molecule has 0 atom stereocenters. The summed E-state index contributed by atoms with van der Waals surface area (Å²) in [6, 6.07) is 6.99. The molecule has 0 spiro atoms. The van der Waals surface area contributed by atoms with Gasteiger partial charge in [0.15, 0.2) is 0 Å². The second-order valence-electron chi connectivity index (χ2n) is 3.30. The number of aromatic nitrogens is 2. The molecule has 4 heteroatoms. The number of para-hydroxylation sites is 1. The van der Waals surface area contributed by atoms with Gasteiger partial charge in [0.1, 0.15) is 12.4 Å². The van der Waals surface area contributed by atoms with E-state index in [9.17, 15) is 4.79 Å². The van der Waals surface area contributed by atoms with Crippen molar-refractivity contribution in [2.75, 3.05) is 0 Å². The zero-order valence-corrected chi connectivity index (χ0v) is 8.55. The fraction of sp³-hybridized carbons (Fsp3) is 0.167. The lowest BCUT2D eigenvalue weighted by molar-refractivity contribution is 0.264. The molecule has 0 aliphatic carbocycles. The van der Waals surface area contributed by atoms with E-state index in [2.05, 4.69) is 10.9 Å². The summed E-state index contributed by atoms with van der Waals surface area (Å²) in [5.41, 5.74) is 0.359. The highest BCUT2D eigenvalue weighted by Crippen LogP contribution is 2.07. The van der Waals surface area contributed by atoms with E-state index in [1.165, 1.54) is 4.57 Å². The molecule has 0 bridgehead atoms. The first kappa shape index (κ1) is 10.4. The molecular formula is C12H10N2O2. The molecule has 1 aromatic carbocycles. The molecule has 0 saturated carbocycles. The highest BCUT2D eigenvalue weighted by molar-refractivity contribution is 5.77. The minimum atomic E-state index is -0.304. The van der Waals surface area contributed by atoms with E-state index in [1.807, 2.05) is 0 Å². The van der Waals surface area contributed by atoms with Gasteiger partial charge < -0.3 is 5.11 Å². The monoisotopic (exact) mass is 214 g/mol. The first-order valence-corrected chi connectivity index (χ1v) is 4.80. The van der Waals surface area contributed by atoms with Gasteiger partial charge in [0.2, 0.25) is 0 Å². The number of aliphatic hydroxyl groups is 1. The van der Waals surface area contributed by atoms with Gasteiger partial charge in [0, 0.05) is 0 Å². The zero-order valence-electron chi connectivity index (χ0n) is 8.55. The maximum Gasteiger partial charge on any atom is 0.262 e. The van der Waals surface area contributed by atoms with Gasteiger partial charge in [-0.25, -0.2) is 4.98 Å². The maximum absolute atomic E-state index is 12.0. The highest BCUT2D eigenvalue weighted by Gasteiger charge is 2.08. The van der Waals surface area contributed by atoms with Gasteiger partial charge in [0.25, 0.3) is 5.56 Å². The van der Waals surface area contributed by atoms with E-state index in [-0.39, 0.29) is 18.7 Å². The van der Waals surface area contributed by atoms with Crippen LogP contribution in [0.4, 0.5) is 0 Å². The second-order valence-corrected chi connectivity index (χ2v) is 3.30. The fourth-order valence-electron chi connectivity index (χ4n) is 1.59. The number of hydrogen-bond acceptors (Lipinski definition) is 3. The van der Waals surface area contributed by atoms with E-state index in [4.69, 9.17) is 11.5 Å². The van der Waals surface area contributed by atoms with Gasteiger partial charge >= 0.3 is 0 Å². The molecule has 80 valence electrons. The average Bonchev–Trinajstić information content (AvgIpc) is 2.33. The Hall–Kier alpha value is -2.12. The van der Waals surface area contributed by atoms with Crippen LogP contribution < -0.4 is 5.56 Å². The zero-order chi connectivity index (χ0) is 11.5. The summed E-state index contributed by atoms with van der Waals surface area (Å²) in [6.45, 7) is -0.186. The molecule has 0 unspecified atom stereocenters. The van der Waals surface area contributed by atoms with E-state index in [1.54, 1.807) is 24.3 Å². The van der Waals surface area contributed by atoms with Crippen LogP contribution in [0.15, 0.2) is 29.1 Å². The molecule has 1 aromatic heterocycles. The Morgan fingerprint density at radius 1 is 1.44 bits per heavy atom. The molecule has 16 heavy (non-hydrogen) atoms. The summed E-state index contributed by atoms with van der Waals surface area (Å²) >= 11 is 0. The van der Waals surface area contributed by atoms with Crippen molar-refractivity contribution >= 4 is 10.9 Å². The standard InChI is InChI=1S/C12H10N2O2/c1-2-7-14-11(8-15)13-10-6-4-3-5-9(10)12(14)16/h1,3-6,15H,7-8H2. The van der Waals surface area contributed by atoms with Crippen molar-refractivity contribution in [2.24, 2.45) is 0 Å². The predicted molar refractivity (Wildman–Crippen MR) is 60.8 cm³/mol. The van der Waals surface area contributed by atoms with Crippen LogP contribution in [0.25, 0.3) is 10.9 Å². The van der Waals surface area contributed by atoms with Crippen LogP contribution in [0, 0.1) is 12.3 Å². The predicted octanol–water partition coefficient (Wildman–Crippen LogP) is 0.522. The van der Waals surface area contributed by atoms with Crippen LogP contribution in [-0.4, -0.2) is 14.7 Å². The van der Waals surface area contributed by atoms with Crippen LogP contribution in [0.3, 0.4) is 0 Å². The van der Waals surface area contributed by atoms with Gasteiger partial charge in [-0.05, 0) is 12.1 Å². The van der Waals surface area contributed by atoms with Gasteiger partial charge in [-0.1, -0.05) is 18.1 Å². The van der Waals surface area contributed by atoms with Crippen molar-refractivity contribution in [1.29, 1.82) is 0 Å². The van der Waals surface area contributed by atoms with Crippen LogP contribution >= 0.6 is 0 Å². The highest BCUT2D eigenvalue weighted by atomic mass is 16.3. The molecular weight excluding hydrogens is 204 g/mol. The minimum Gasteiger partial charge on any atom is -0.388 e. The Morgan fingerprint density at radius 3 is 2.88 bits per heavy atom. The Balaban J connectivity index is 2.83. The summed E-state index contributed by atoms with van der Waals surface area (Å²) in [4.78, 5) is 16.2. The van der Waals surface area contributed by atoms with Crippen LogP contribution in [0.5, 0.6) is 0 Å². The number of aliphatic hydroxyl groups excluding tert-OH is 1. The van der Waals surface area contributed by atoms with Crippen LogP contribution in [0.1, 0.15) is 5.82 Å². The molecule has 4 nitrogen and oxygen atoms in total. The van der Waals surface area contributed by atoms with Crippen molar-refractivity contribution in [1.82, 2.24) is 9.55 Å². The Labute approximate surface area is 92.2 Å². The second kappa shape index (κ2) is 4.17. The van der Waals surface area contributed by atoms with Crippen molar-refractivity contribution < 1.29 is 5.11 Å². The molecule has 1 heterocycles. The normalized spacial score (nSPS) is 10.2. The smallest absolute Gasteiger partial charge is 0.262 e. The number of fused-ring (bicyclic) bond motifs is 1. The number of benzene rings is 1. The SMILES string of the molecule is C#CCn1c(CO)nc2ccccc2c1=O. The summed E-state index contributed by atoms with van der Waals surface area (Å²) in [5.74, 6) is 2.67. The molecule has 2 rings (SSSR count). The third-order valence-electron chi connectivity index (χ3n) is 2.33. The summed E-state index contributed by atoms with van der Waals surface area (Å²) < 4.78 is 1.31. The molecule has 0 fully saturated rings. The van der Waals surface area contributed by atoms with E-state index >= 15 is 0 Å². The summed E-state index contributed by atoms with van der Waals surface area (Å²) in [6.07, 6.45) is 5.18. The topological polar surface area (TPSA) is 55.1 Å². The average molecular weight is 214 g/mol. The first-order chi connectivity index (χ1) is 7.77. The molecule has 2 aromatic rings. The molecule has 0 aliphatic rings. The third kappa shape index (κ3) is 1.58. The fourth-order valence-corrected chi connectivity index (χ4v) is 1.59. The van der Waals surface area contributed by atoms with Crippen molar-refractivity contribution in [2.45, 2.75) is 13.2 Å². The van der Waals surface area contributed by atoms with Gasteiger partial charge in [-0.15, -0.1) is 6.42 Å². The quantitative estimate of drug-likeness (QED) is 0.741. The van der Waals surface area contributed by atoms with Crippen molar-refractivity contribution in [3.63, 3.8) is 0 Å². The largest absolute Gasteiger partial charge is 0.388 e. The summed E-state index contributed by atoms with van der Waals surface area (Å²) in [7, 11) is 0. The molecule has 0 amide bonds. The molecule has 1 N–H and O–H groups in total. The van der Waals surface area contributed by atoms with E-state index < -0.39 is 0 Å². The van der Waals surface area contributed by atoms with Gasteiger partial charge in [-0.3, -0.25) is 9.36 Å². The summed E-state index contributed by atoms with van der Waals surface area (Å²) in [5, 5.41) is 9.65. The minimum absolute atomic E-state index is 0.118. The number of hydrogen-bond donors (Lipinski definition) is 1. The third-order valence-corrected chi connectivity index (χ3v) is 2.33. The number of terminal acetylenes is 1. The number of rotatable bonds is 2. The lowest BCUT2D eigenvalue weighted by atomic mass is 10.2. The van der Waals surface area contributed by atoms with E-state index in [0.29, 0.717) is 16.7 Å². The lowest BCUT2D eigenvalue weighted by Gasteiger charge is -2.08. The Bertz CT molecular complexity index is 623. The molecule has 0 aliphatic heterocycles.